The smallest absolute Gasteiger partial charge is 0.0587 e. The summed E-state index contributed by atoms with van der Waals surface area (Å²) in [6, 6.07) is 10.6. The summed E-state index contributed by atoms with van der Waals surface area (Å²) in [5.74, 6) is 0.565. The molecule has 0 aromatic heterocycles. The van der Waals surface area contributed by atoms with Crippen molar-refractivity contribution < 1.29 is 4.74 Å². The first kappa shape index (κ1) is 14.2. The van der Waals surface area contributed by atoms with Crippen LogP contribution in [0, 0.1) is 0 Å². The van der Waals surface area contributed by atoms with Crippen molar-refractivity contribution >= 4 is 0 Å². The zero-order valence-electron chi connectivity index (χ0n) is 10.9. The molecule has 0 saturated heterocycles. The van der Waals surface area contributed by atoms with E-state index in [0.29, 0.717) is 5.92 Å². The molecule has 1 aromatic carbocycles. The molecule has 0 aliphatic carbocycles. The number of hydrogen-bond acceptors (Lipinski definition) is 3. The highest BCUT2D eigenvalue weighted by atomic mass is 16.5. The van der Waals surface area contributed by atoms with Crippen LogP contribution in [0.3, 0.4) is 0 Å². The Bertz CT molecular complexity index is 277. The first-order valence-electron chi connectivity index (χ1n) is 6.30. The summed E-state index contributed by atoms with van der Waals surface area (Å²) in [4.78, 5) is 0. The lowest BCUT2D eigenvalue weighted by Gasteiger charge is -2.13. The largest absolute Gasteiger partial charge is 0.383 e. The molecule has 0 heterocycles. The van der Waals surface area contributed by atoms with Gasteiger partial charge in [0.25, 0.3) is 0 Å². The highest BCUT2D eigenvalue weighted by Crippen LogP contribution is 2.12. The number of hydrogen-bond donors (Lipinski definition) is 2. The van der Waals surface area contributed by atoms with Crippen LogP contribution in [0.5, 0.6) is 0 Å². The molecule has 0 fully saturated rings. The van der Waals surface area contributed by atoms with Gasteiger partial charge in [-0.25, -0.2) is 0 Å². The van der Waals surface area contributed by atoms with E-state index in [1.165, 1.54) is 5.56 Å². The second-order valence-electron chi connectivity index (χ2n) is 4.26. The van der Waals surface area contributed by atoms with Crippen LogP contribution >= 0.6 is 0 Å². The van der Waals surface area contributed by atoms with Crippen molar-refractivity contribution in [1.29, 1.82) is 0 Å². The Morgan fingerprint density at radius 3 is 2.47 bits per heavy atom. The molecule has 96 valence electrons. The second kappa shape index (κ2) is 9.16. The Labute approximate surface area is 105 Å². The molecule has 0 spiro atoms. The lowest BCUT2D eigenvalue weighted by molar-refractivity contribution is 0.199. The van der Waals surface area contributed by atoms with Crippen LogP contribution in [0.1, 0.15) is 18.4 Å². The number of benzene rings is 1. The third-order valence-corrected chi connectivity index (χ3v) is 2.78. The van der Waals surface area contributed by atoms with Crippen molar-refractivity contribution in [1.82, 2.24) is 10.6 Å². The predicted molar refractivity (Wildman–Crippen MR) is 72.5 cm³/mol. The Kier molecular flexibility index (Phi) is 7.63. The van der Waals surface area contributed by atoms with E-state index < -0.39 is 0 Å². The molecule has 0 saturated carbocycles. The minimum atomic E-state index is 0.565. The molecule has 0 aliphatic rings. The second-order valence-corrected chi connectivity index (χ2v) is 4.26. The lowest BCUT2D eigenvalue weighted by Crippen LogP contribution is -2.31. The van der Waals surface area contributed by atoms with Gasteiger partial charge in [0.1, 0.15) is 0 Å². The van der Waals surface area contributed by atoms with Crippen molar-refractivity contribution in [2.45, 2.75) is 12.8 Å². The molecule has 17 heavy (non-hydrogen) atoms. The van der Waals surface area contributed by atoms with E-state index in [1.54, 1.807) is 7.11 Å². The molecule has 1 aromatic rings. The fourth-order valence-electron chi connectivity index (χ4n) is 1.69. The van der Waals surface area contributed by atoms with Gasteiger partial charge in [0, 0.05) is 33.3 Å². The van der Waals surface area contributed by atoms with Crippen molar-refractivity contribution in [3.8, 4) is 0 Å². The normalized spacial score (nSPS) is 12.6. The summed E-state index contributed by atoms with van der Waals surface area (Å²) in [6.07, 6.45) is 0. The van der Waals surface area contributed by atoms with Crippen LogP contribution in [0.4, 0.5) is 0 Å². The maximum Gasteiger partial charge on any atom is 0.0587 e. The first-order chi connectivity index (χ1) is 8.34. The quantitative estimate of drug-likeness (QED) is 0.639. The third kappa shape index (κ3) is 6.41. The van der Waals surface area contributed by atoms with Crippen LogP contribution in [0.25, 0.3) is 0 Å². The Hall–Kier alpha value is -0.900. The molecule has 0 amide bonds. The SMILES string of the molecule is COCCNCCNCC(C)c1ccccc1. The average Bonchev–Trinajstić information content (AvgIpc) is 2.38. The summed E-state index contributed by atoms with van der Waals surface area (Å²) in [7, 11) is 1.72. The monoisotopic (exact) mass is 236 g/mol. The van der Waals surface area contributed by atoms with Crippen molar-refractivity contribution in [2.24, 2.45) is 0 Å². The van der Waals surface area contributed by atoms with E-state index in [9.17, 15) is 0 Å². The molecule has 1 rings (SSSR count). The van der Waals surface area contributed by atoms with E-state index in [0.717, 1.165) is 32.8 Å². The van der Waals surface area contributed by atoms with Crippen molar-refractivity contribution in [3.63, 3.8) is 0 Å². The van der Waals surface area contributed by atoms with Gasteiger partial charge in [0.2, 0.25) is 0 Å². The van der Waals surface area contributed by atoms with Gasteiger partial charge in [-0.1, -0.05) is 37.3 Å². The van der Waals surface area contributed by atoms with Crippen LogP contribution in [0.15, 0.2) is 30.3 Å². The van der Waals surface area contributed by atoms with Gasteiger partial charge in [-0.05, 0) is 11.5 Å². The molecule has 1 atom stereocenters. The standard InChI is InChI=1S/C14H24N2O/c1-13(14-6-4-3-5-7-14)12-16-9-8-15-10-11-17-2/h3-7,13,15-16H,8-12H2,1-2H3. The van der Waals surface area contributed by atoms with Crippen molar-refractivity contribution in [3.05, 3.63) is 35.9 Å². The van der Waals surface area contributed by atoms with Gasteiger partial charge in [-0.3, -0.25) is 0 Å². The van der Waals surface area contributed by atoms with Gasteiger partial charge in [0.15, 0.2) is 0 Å². The molecule has 1 unspecified atom stereocenters. The molecule has 3 nitrogen and oxygen atoms in total. The summed E-state index contributed by atoms with van der Waals surface area (Å²) in [5.41, 5.74) is 1.40. The molecule has 3 heteroatoms. The number of nitrogens with one attached hydrogen (secondary N) is 2. The summed E-state index contributed by atoms with van der Waals surface area (Å²) < 4.78 is 4.96. The zero-order chi connectivity index (χ0) is 12.3. The van der Waals surface area contributed by atoms with Crippen LogP contribution in [-0.4, -0.2) is 39.9 Å². The average molecular weight is 236 g/mol. The Morgan fingerprint density at radius 2 is 1.76 bits per heavy atom. The first-order valence-corrected chi connectivity index (χ1v) is 6.30. The molecule has 0 aliphatic heterocycles. The van der Waals surface area contributed by atoms with E-state index in [-0.39, 0.29) is 0 Å². The minimum absolute atomic E-state index is 0.565. The Morgan fingerprint density at radius 1 is 1.06 bits per heavy atom. The minimum Gasteiger partial charge on any atom is -0.383 e. The fourth-order valence-corrected chi connectivity index (χ4v) is 1.69. The van der Waals surface area contributed by atoms with E-state index in [4.69, 9.17) is 4.74 Å². The third-order valence-electron chi connectivity index (χ3n) is 2.78. The summed E-state index contributed by atoms with van der Waals surface area (Å²) in [6.45, 7) is 6.97. The number of rotatable bonds is 9. The van der Waals surface area contributed by atoms with Crippen molar-refractivity contribution in [2.75, 3.05) is 39.9 Å². The van der Waals surface area contributed by atoms with Gasteiger partial charge in [0.05, 0.1) is 6.61 Å². The lowest BCUT2D eigenvalue weighted by atomic mass is 10.0. The molecular weight excluding hydrogens is 212 g/mol. The summed E-state index contributed by atoms with van der Waals surface area (Å²) in [5, 5.41) is 6.77. The molecule has 0 bridgehead atoms. The topological polar surface area (TPSA) is 33.3 Å². The fraction of sp³-hybridized carbons (Fsp3) is 0.571. The van der Waals surface area contributed by atoms with Crippen LogP contribution in [-0.2, 0) is 4.74 Å². The van der Waals surface area contributed by atoms with Gasteiger partial charge in [-0.15, -0.1) is 0 Å². The Balaban J connectivity index is 2.03. The number of methoxy groups -OCH3 is 1. The highest BCUT2D eigenvalue weighted by molar-refractivity contribution is 5.18. The molecule has 2 N–H and O–H groups in total. The van der Waals surface area contributed by atoms with Gasteiger partial charge in [-0.2, -0.15) is 0 Å². The molecule has 0 radical (unpaired) electrons. The van der Waals surface area contributed by atoms with Gasteiger partial charge >= 0.3 is 0 Å². The zero-order valence-corrected chi connectivity index (χ0v) is 10.9. The maximum atomic E-state index is 4.96. The highest BCUT2D eigenvalue weighted by Gasteiger charge is 2.02. The van der Waals surface area contributed by atoms with E-state index in [2.05, 4.69) is 47.9 Å². The van der Waals surface area contributed by atoms with E-state index >= 15 is 0 Å². The van der Waals surface area contributed by atoms with Crippen LogP contribution < -0.4 is 10.6 Å². The molecular formula is C14H24N2O. The van der Waals surface area contributed by atoms with Crippen LogP contribution in [0.2, 0.25) is 0 Å². The maximum absolute atomic E-state index is 4.96. The van der Waals surface area contributed by atoms with E-state index in [1.807, 2.05) is 0 Å². The summed E-state index contributed by atoms with van der Waals surface area (Å²) >= 11 is 0. The predicted octanol–water partition coefficient (Wildman–Crippen LogP) is 1.62. The van der Waals surface area contributed by atoms with Gasteiger partial charge < -0.3 is 15.4 Å². The number of ether oxygens (including phenoxy) is 1.